The Morgan fingerprint density at radius 1 is 1.00 bits per heavy atom. The van der Waals surface area contributed by atoms with Gasteiger partial charge in [0.05, 0.1) is 18.8 Å². The van der Waals surface area contributed by atoms with Crippen LogP contribution in [0.25, 0.3) is 22.6 Å². The van der Waals surface area contributed by atoms with Crippen molar-refractivity contribution in [1.29, 1.82) is 0 Å². The van der Waals surface area contributed by atoms with Gasteiger partial charge in [0, 0.05) is 17.5 Å². The van der Waals surface area contributed by atoms with Crippen LogP contribution in [0.3, 0.4) is 0 Å². The van der Waals surface area contributed by atoms with Crippen molar-refractivity contribution >= 4 is 0 Å². The Kier molecular flexibility index (Phi) is 4.12. The van der Waals surface area contributed by atoms with E-state index < -0.39 is 0 Å². The summed E-state index contributed by atoms with van der Waals surface area (Å²) in [6.07, 6.45) is 8.80. The molecule has 2 aromatic carbocycles. The molecule has 0 saturated heterocycles. The Hall–Kier alpha value is -2.48. The van der Waals surface area contributed by atoms with E-state index in [1.54, 1.807) is 5.56 Å². The molecule has 3 aromatic rings. The molecule has 2 aliphatic carbocycles. The first-order valence-corrected chi connectivity index (χ1v) is 10.6. The summed E-state index contributed by atoms with van der Waals surface area (Å²) in [5, 5.41) is 0. The molecular formula is C26H29N2+. The Morgan fingerprint density at radius 3 is 2.57 bits per heavy atom. The van der Waals surface area contributed by atoms with Crippen molar-refractivity contribution in [2.45, 2.75) is 58.8 Å². The Labute approximate surface area is 168 Å². The first-order chi connectivity index (χ1) is 13.5. The van der Waals surface area contributed by atoms with Crippen molar-refractivity contribution in [2.75, 3.05) is 0 Å². The lowest BCUT2D eigenvalue weighted by atomic mass is 9.90. The van der Waals surface area contributed by atoms with Crippen molar-refractivity contribution in [2.24, 2.45) is 7.05 Å². The number of hydrogen-bond donors (Lipinski definition) is 0. The lowest BCUT2D eigenvalue weighted by molar-refractivity contribution is -0.663. The highest BCUT2D eigenvalue weighted by atomic mass is 15.0. The highest BCUT2D eigenvalue weighted by Gasteiger charge is 2.32. The molecule has 2 aliphatic rings. The van der Waals surface area contributed by atoms with Gasteiger partial charge in [-0.3, -0.25) is 0 Å². The van der Waals surface area contributed by atoms with Crippen LogP contribution in [-0.2, 0) is 13.5 Å². The van der Waals surface area contributed by atoms with Gasteiger partial charge in [-0.15, -0.1) is 0 Å². The molecule has 0 radical (unpaired) electrons. The van der Waals surface area contributed by atoms with Crippen molar-refractivity contribution in [3.63, 3.8) is 0 Å². The summed E-state index contributed by atoms with van der Waals surface area (Å²) < 4.78 is 2.22. The molecule has 0 unspecified atom stereocenters. The third-order valence-corrected chi connectivity index (χ3v) is 6.89. The molecule has 5 rings (SSSR count). The molecule has 0 atom stereocenters. The SMILES string of the molecule is Cc1cc(C)c(C)c(-c2nc3c(c[n+]2C)Cc2c-3cccc2C2CCCC2)c1. The van der Waals surface area contributed by atoms with Crippen LogP contribution in [0.2, 0.25) is 0 Å². The van der Waals surface area contributed by atoms with Crippen LogP contribution in [0.1, 0.15) is 65.0 Å². The normalized spacial score (nSPS) is 15.7. The van der Waals surface area contributed by atoms with Gasteiger partial charge in [0.15, 0.2) is 5.69 Å². The van der Waals surface area contributed by atoms with Crippen LogP contribution in [-0.4, -0.2) is 4.98 Å². The maximum absolute atomic E-state index is 5.24. The number of fused-ring (bicyclic) bond motifs is 3. The highest BCUT2D eigenvalue weighted by Crippen LogP contribution is 2.43. The van der Waals surface area contributed by atoms with Gasteiger partial charge in [0.1, 0.15) is 0 Å². The zero-order valence-corrected chi connectivity index (χ0v) is 17.5. The minimum absolute atomic E-state index is 0.749. The second kappa shape index (κ2) is 6.55. The lowest BCUT2D eigenvalue weighted by Gasteiger charge is -2.14. The molecule has 0 bridgehead atoms. The third-order valence-electron chi connectivity index (χ3n) is 6.89. The first-order valence-electron chi connectivity index (χ1n) is 10.6. The van der Waals surface area contributed by atoms with Crippen LogP contribution in [0.15, 0.2) is 36.5 Å². The quantitative estimate of drug-likeness (QED) is 0.413. The second-order valence-corrected chi connectivity index (χ2v) is 8.84. The molecule has 0 amide bonds. The van der Waals surface area contributed by atoms with Gasteiger partial charge < -0.3 is 0 Å². The molecule has 2 nitrogen and oxygen atoms in total. The molecule has 0 spiro atoms. The molecule has 0 aliphatic heterocycles. The van der Waals surface area contributed by atoms with Crippen molar-refractivity contribution in [3.05, 3.63) is 69.9 Å². The number of aryl methyl sites for hydroxylation is 3. The fourth-order valence-electron chi connectivity index (χ4n) is 5.33. The van der Waals surface area contributed by atoms with Gasteiger partial charge in [0.2, 0.25) is 0 Å². The first kappa shape index (κ1) is 17.6. The molecule has 1 heterocycles. The standard InChI is InChI=1S/C26H29N2/c1-16-12-17(2)18(3)23(13-16)26-27-25-20(15-28(26)4)14-24-21(10-7-11-22(24)25)19-8-5-6-9-19/h7,10-13,15,19H,5-6,8-9,14H2,1-4H3/q+1. The van der Waals surface area contributed by atoms with E-state index in [2.05, 4.69) is 68.9 Å². The number of benzene rings is 2. The van der Waals surface area contributed by atoms with E-state index >= 15 is 0 Å². The summed E-state index contributed by atoms with van der Waals surface area (Å²) in [7, 11) is 2.14. The number of hydrogen-bond acceptors (Lipinski definition) is 1. The van der Waals surface area contributed by atoms with Crippen LogP contribution < -0.4 is 4.57 Å². The lowest BCUT2D eigenvalue weighted by Crippen LogP contribution is -2.33. The minimum atomic E-state index is 0.749. The van der Waals surface area contributed by atoms with E-state index in [4.69, 9.17) is 4.98 Å². The molecule has 1 aromatic heterocycles. The monoisotopic (exact) mass is 369 g/mol. The van der Waals surface area contributed by atoms with Gasteiger partial charge in [-0.1, -0.05) is 37.1 Å². The van der Waals surface area contributed by atoms with E-state index in [-0.39, 0.29) is 0 Å². The van der Waals surface area contributed by atoms with Crippen molar-refractivity contribution in [1.82, 2.24) is 4.98 Å². The van der Waals surface area contributed by atoms with Gasteiger partial charge in [-0.05, 0) is 78.4 Å². The number of aromatic nitrogens is 2. The topological polar surface area (TPSA) is 16.8 Å². The zero-order valence-electron chi connectivity index (χ0n) is 17.5. The minimum Gasteiger partial charge on any atom is -0.233 e. The van der Waals surface area contributed by atoms with Gasteiger partial charge >= 0.3 is 5.82 Å². The maximum Gasteiger partial charge on any atom is 0.331 e. The summed E-state index contributed by atoms with van der Waals surface area (Å²) in [5.74, 6) is 1.82. The van der Waals surface area contributed by atoms with Gasteiger partial charge in [-0.2, -0.15) is 0 Å². The van der Waals surface area contributed by atoms with Crippen molar-refractivity contribution < 1.29 is 4.57 Å². The Bertz CT molecular complexity index is 1090. The molecule has 2 heteroatoms. The summed E-state index contributed by atoms with van der Waals surface area (Å²) in [6, 6.07) is 11.4. The Morgan fingerprint density at radius 2 is 1.79 bits per heavy atom. The average Bonchev–Trinajstić information content (AvgIpc) is 3.31. The smallest absolute Gasteiger partial charge is 0.233 e. The second-order valence-electron chi connectivity index (χ2n) is 8.84. The van der Waals surface area contributed by atoms with Crippen LogP contribution in [0.4, 0.5) is 0 Å². The molecular weight excluding hydrogens is 340 g/mol. The van der Waals surface area contributed by atoms with Crippen LogP contribution in [0.5, 0.6) is 0 Å². The number of rotatable bonds is 2. The number of nitrogens with zero attached hydrogens (tertiary/aromatic N) is 2. The fourth-order valence-corrected chi connectivity index (χ4v) is 5.33. The molecule has 28 heavy (non-hydrogen) atoms. The average molecular weight is 370 g/mol. The fraction of sp³-hybridized carbons (Fsp3) is 0.385. The van der Waals surface area contributed by atoms with Crippen molar-refractivity contribution in [3.8, 4) is 22.6 Å². The Balaban J connectivity index is 1.67. The largest absolute Gasteiger partial charge is 0.331 e. The highest BCUT2D eigenvalue weighted by molar-refractivity contribution is 5.76. The predicted molar refractivity (Wildman–Crippen MR) is 115 cm³/mol. The van der Waals surface area contributed by atoms with E-state index in [1.165, 1.54) is 70.3 Å². The molecule has 0 N–H and O–H groups in total. The molecule has 142 valence electrons. The van der Waals surface area contributed by atoms with E-state index in [9.17, 15) is 0 Å². The predicted octanol–water partition coefficient (Wildman–Crippen LogP) is 5.73. The maximum atomic E-state index is 5.24. The van der Waals surface area contributed by atoms with Gasteiger partial charge in [0.25, 0.3) is 0 Å². The van der Waals surface area contributed by atoms with Crippen LogP contribution >= 0.6 is 0 Å². The summed E-state index contributed by atoms with van der Waals surface area (Å²) >= 11 is 0. The summed E-state index contributed by atoms with van der Waals surface area (Å²) in [6.45, 7) is 6.58. The molecule has 1 saturated carbocycles. The zero-order chi connectivity index (χ0) is 19.4. The van der Waals surface area contributed by atoms with Gasteiger partial charge in [-0.25, -0.2) is 4.57 Å². The van der Waals surface area contributed by atoms with Crippen LogP contribution in [0, 0.1) is 20.8 Å². The third kappa shape index (κ3) is 2.70. The summed E-state index contributed by atoms with van der Waals surface area (Å²) in [4.78, 5) is 5.24. The van der Waals surface area contributed by atoms with E-state index in [0.29, 0.717) is 0 Å². The summed E-state index contributed by atoms with van der Waals surface area (Å²) in [5.41, 5.74) is 12.3. The van der Waals surface area contributed by atoms with E-state index in [1.807, 2.05) is 0 Å². The molecule has 1 fully saturated rings. The van der Waals surface area contributed by atoms with E-state index in [0.717, 1.165) is 18.2 Å².